The van der Waals surface area contributed by atoms with Crippen LogP contribution in [0.15, 0.2) is 94.7 Å². The van der Waals surface area contributed by atoms with Crippen molar-refractivity contribution in [3.8, 4) is 0 Å². The topological polar surface area (TPSA) is 108 Å². The van der Waals surface area contributed by atoms with Crippen LogP contribution in [0.4, 0.5) is 0 Å². The van der Waals surface area contributed by atoms with E-state index in [1.165, 1.54) is 37.7 Å². The SMILES string of the molecule is COC(=O)C1=C(C(=O)OC)SC(c2ccc(C(=O)N[C@@H](Cc3ccccc3)C(=O)OCc3ccccc3)cc2)S1. The van der Waals surface area contributed by atoms with Gasteiger partial charge in [0.05, 0.1) is 18.8 Å². The smallest absolute Gasteiger partial charge is 0.345 e. The minimum absolute atomic E-state index is 0.0986. The third-order valence-corrected chi connectivity index (χ3v) is 8.83. The van der Waals surface area contributed by atoms with Gasteiger partial charge in [-0.05, 0) is 28.8 Å². The van der Waals surface area contributed by atoms with Crippen molar-refractivity contribution < 1.29 is 33.4 Å². The van der Waals surface area contributed by atoms with Gasteiger partial charge in [-0.15, -0.1) is 0 Å². The molecule has 0 aromatic heterocycles. The Morgan fingerprint density at radius 3 is 1.80 bits per heavy atom. The minimum atomic E-state index is -0.895. The van der Waals surface area contributed by atoms with Crippen molar-refractivity contribution in [2.75, 3.05) is 14.2 Å². The number of esters is 3. The molecule has 1 heterocycles. The second-order valence-corrected chi connectivity index (χ2v) is 11.2. The fourth-order valence-corrected chi connectivity index (χ4v) is 6.67. The maximum atomic E-state index is 13.2. The van der Waals surface area contributed by atoms with Crippen molar-refractivity contribution in [2.24, 2.45) is 0 Å². The summed E-state index contributed by atoms with van der Waals surface area (Å²) in [5.41, 5.74) is 2.86. The van der Waals surface area contributed by atoms with Gasteiger partial charge >= 0.3 is 17.9 Å². The highest BCUT2D eigenvalue weighted by atomic mass is 32.2. The first-order valence-corrected chi connectivity index (χ1v) is 14.0. The van der Waals surface area contributed by atoms with Gasteiger partial charge < -0.3 is 19.5 Å². The van der Waals surface area contributed by atoms with Crippen LogP contribution in [0.25, 0.3) is 0 Å². The zero-order valence-corrected chi connectivity index (χ0v) is 23.5. The number of nitrogens with one attached hydrogen (secondary N) is 1. The molecule has 0 aliphatic carbocycles. The van der Waals surface area contributed by atoms with E-state index < -0.39 is 29.9 Å². The molecular formula is C30H27NO7S2. The van der Waals surface area contributed by atoms with Crippen LogP contribution < -0.4 is 5.32 Å². The highest BCUT2D eigenvalue weighted by molar-refractivity contribution is 8.23. The molecule has 1 amide bonds. The Balaban J connectivity index is 1.45. The number of thioether (sulfide) groups is 2. The van der Waals surface area contributed by atoms with E-state index in [0.717, 1.165) is 16.7 Å². The van der Waals surface area contributed by atoms with Crippen LogP contribution in [0.5, 0.6) is 0 Å². The maximum absolute atomic E-state index is 13.2. The number of benzene rings is 3. The first-order valence-electron chi connectivity index (χ1n) is 12.3. The quantitative estimate of drug-likeness (QED) is 0.268. The fraction of sp³-hybridized carbons (Fsp3) is 0.200. The Bertz CT molecular complexity index is 1360. The van der Waals surface area contributed by atoms with E-state index in [4.69, 9.17) is 14.2 Å². The van der Waals surface area contributed by atoms with Gasteiger partial charge in [0.25, 0.3) is 5.91 Å². The Morgan fingerprint density at radius 2 is 1.27 bits per heavy atom. The van der Waals surface area contributed by atoms with Crippen LogP contribution >= 0.6 is 23.5 Å². The molecule has 0 radical (unpaired) electrons. The van der Waals surface area contributed by atoms with E-state index in [2.05, 4.69) is 5.32 Å². The Labute approximate surface area is 240 Å². The van der Waals surface area contributed by atoms with Crippen LogP contribution in [0.2, 0.25) is 0 Å². The number of ether oxygens (including phenoxy) is 3. The van der Waals surface area contributed by atoms with Crippen molar-refractivity contribution in [3.05, 3.63) is 117 Å². The standard InChI is InChI=1S/C30H27NO7S2/c1-36-28(34)24-25(29(35)37-2)40-30(39-24)22-15-13-21(14-16-22)26(32)31-23(17-19-9-5-3-6-10-19)27(33)38-18-20-11-7-4-8-12-20/h3-16,23,30H,17-18H2,1-2H3,(H,31,32)/t23-/m0/s1. The summed E-state index contributed by atoms with van der Waals surface area (Å²) in [4.78, 5) is 50.9. The van der Waals surface area contributed by atoms with E-state index in [9.17, 15) is 19.2 Å². The van der Waals surface area contributed by atoms with Crippen LogP contribution in [-0.2, 0) is 41.6 Å². The van der Waals surface area contributed by atoms with Gasteiger partial charge in [-0.25, -0.2) is 14.4 Å². The predicted molar refractivity (Wildman–Crippen MR) is 153 cm³/mol. The second-order valence-electron chi connectivity index (χ2n) is 8.64. The first-order chi connectivity index (χ1) is 19.4. The van der Waals surface area contributed by atoms with Crippen LogP contribution in [0.1, 0.15) is 31.6 Å². The molecule has 1 aliphatic heterocycles. The Kier molecular flexibility index (Phi) is 10.0. The average molecular weight is 578 g/mol. The molecular weight excluding hydrogens is 550 g/mol. The summed E-state index contributed by atoms with van der Waals surface area (Å²) in [6, 6.07) is 24.6. The highest BCUT2D eigenvalue weighted by Gasteiger charge is 2.36. The summed E-state index contributed by atoms with van der Waals surface area (Å²) < 4.78 is 14.8. The van der Waals surface area contributed by atoms with Crippen molar-refractivity contribution in [1.82, 2.24) is 5.32 Å². The monoisotopic (exact) mass is 577 g/mol. The van der Waals surface area contributed by atoms with E-state index in [-0.39, 0.29) is 27.4 Å². The molecule has 0 bridgehead atoms. The molecule has 0 saturated carbocycles. The molecule has 0 unspecified atom stereocenters. The molecule has 1 atom stereocenters. The van der Waals surface area contributed by atoms with Gasteiger partial charge in [0.15, 0.2) is 0 Å². The lowest BCUT2D eigenvalue weighted by Gasteiger charge is -2.18. The van der Waals surface area contributed by atoms with Gasteiger partial charge in [0.1, 0.15) is 22.5 Å². The zero-order valence-electron chi connectivity index (χ0n) is 21.8. The van der Waals surface area contributed by atoms with Crippen LogP contribution in [0.3, 0.4) is 0 Å². The summed E-state index contributed by atoms with van der Waals surface area (Å²) >= 11 is 2.37. The number of hydrogen-bond acceptors (Lipinski definition) is 9. The third-order valence-electron chi connectivity index (χ3n) is 5.94. The average Bonchev–Trinajstić information content (AvgIpc) is 3.45. The lowest BCUT2D eigenvalue weighted by Crippen LogP contribution is -2.43. The van der Waals surface area contributed by atoms with E-state index in [1.807, 2.05) is 60.7 Å². The van der Waals surface area contributed by atoms with E-state index >= 15 is 0 Å². The number of carbonyl (C=O) groups excluding carboxylic acids is 4. The maximum Gasteiger partial charge on any atom is 0.345 e. The summed E-state index contributed by atoms with van der Waals surface area (Å²) in [5, 5.41) is 2.81. The number of hydrogen-bond donors (Lipinski definition) is 1. The van der Waals surface area contributed by atoms with Gasteiger partial charge in [-0.1, -0.05) is 96.3 Å². The summed E-state index contributed by atoms with van der Waals surface area (Å²) in [6.07, 6.45) is 0.270. The van der Waals surface area contributed by atoms with Crippen molar-refractivity contribution in [3.63, 3.8) is 0 Å². The van der Waals surface area contributed by atoms with Crippen molar-refractivity contribution in [2.45, 2.75) is 23.7 Å². The number of rotatable bonds is 10. The molecule has 3 aromatic rings. The number of amides is 1. The second kappa shape index (κ2) is 13.9. The summed E-state index contributed by atoms with van der Waals surface area (Å²) in [5.74, 6) is -2.19. The van der Waals surface area contributed by atoms with Gasteiger partial charge in [0, 0.05) is 12.0 Å². The van der Waals surface area contributed by atoms with Crippen LogP contribution in [-0.4, -0.2) is 44.1 Å². The molecule has 40 heavy (non-hydrogen) atoms. The fourth-order valence-electron chi connectivity index (χ4n) is 3.85. The normalized spacial score (nSPS) is 13.8. The van der Waals surface area contributed by atoms with E-state index in [0.29, 0.717) is 5.56 Å². The summed E-state index contributed by atoms with van der Waals surface area (Å²) in [6.45, 7) is 0.0986. The molecule has 4 rings (SSSR count). The largest absolute Gasteiger partial charge is 0.465 e. The zero-order chi connectivity index (χ0) is 28.5. The summed E-state index contributed by atoms with van der Waals surface area (Å²) in [7, 11) is 2.50. The molecule has 1 aliphatic rings. The van der Waals surface area contributed by atoms with Crippen LogP contribution in [0, 0.1) is 0 Å². The lowest BCUT2D eigenvalue weighted by molar-refractivity contribution is -0.147. The molecule has 10 heteroatoms. The Morgan fingerprint density at radius 1 is 0.750 bits per heavy atom. The van der Waals surface area contributed by atoms with Crippen molar-refractivity contribution in [1.29, 1.82) is 0 Å². The third kappa shape index (κ3) is 7.34. The van der Waals surface area contributed by atoms with Gasteiger partial charge in [-0.2, -0.15) is 0 Å². The number of methoxy groups -OCH3 is 2. The molecule has 1 N–H and O–H groups in total. The molecule has 0 spiro atoms. The molecule has 0 saturated heterocycles. The highest BCUT2D eigenvalue weighted by Crippen LogP contribution is 2.55. The molecule has 3 aromatic carbocycles. The Hall–Kier alpha value is -4.02. The lowest BCUT2D eigenvalue weighted by atomic mass is 10.0. The van der Waals surface area contributed by atoms with E-state index in [1.54, 1.807) is 24.3 Å². The molecule has 206 valence electrons. The minimum Gasteiger partial charge on any atom is -0.465 e. The first kappa shape index (κ1) is 29.0. The van der Waals surface area contributed by atoms with Crippen molar-refractivity contribution >= 4 is 47.3 Å². The molecule has 8 nitrogen and oxygen atoms in total. The number of carbonyl (C=O) groups is 4. The molecule has 0 fully saturated rings. The van der Waals surface area contributed by atoms with Gasteiger partial charge in [0.2, 0.25) is 0 Å². The van der Waals surface area contributed by atoms with Gasteiger partial charge in [-0.3, -0.25) is 4.79 Å². The predicted octanol–water partition coefficient (Wildman–Crippen LogP) is 4.81.